The summed E-state index contributed by atoms with van der Waals surface area (Å²) >= 11 is 0. The first-order valence-electron chi connectivity index (χ1n) is 10.1. The van der Waals surface area contributed by atoms with Crippen LogP contribution in [0.1, 0.15) is 38.5 Å². The Morgan fingerprint density at radius 2 is 1.75 bits per heavy atom. The topological polar surface area (TPSA) is 75.6 Å². The number of ether oxygens (including phenoxy) is 1. The van der Waals surface area contributed by atoms with Crippen molar-refractivity contribution in [3.63, 3.8) is 0 Å². The lowest BCUT2D eigenvalue weighted by molar-refractivity contribution is -0.196. The summed E-state index contributed by atoms with van der Waals surface area (Å²) in [5, 5.41) is 15.7. The fourth-order valence-electron chi connectivity index (χ4n) is 6.20. The number of rotatable bonds is 4. The molecule has 2 aromatic rings. The van der Waals surface area contributed by atoms with Crippen molar-refractivity contribution in [3.05, 3.63) is 42.5 Å². The number of aliphatic hydroxyl groups is 1. The van der Waals surface area contributed by atoms with E-state index in [4.69, 9.17) is 4.74 Å². The van der Waals surface area contributed by atoms with Crippen molar-refractivity contribution in [1.29, 1.82) is 0 Å². The van der Waals surface area contributed by atoms with Gasteiger partial charge in [-0.2, -0.15) is 0 Å². The summed E-state index contributed by atoms with van der Waals surface area (Å²) in [4.78, 5) is 25.2. The van der Waals surface area contributed by atoms with Gasteiger partial charge in [0.05, 0.1) is 11.0 Å². The molecular weight excluding hydrogens is 354 g/mol. The molecule has 0 saturated heterocycles. The Morgan fingerprint density at radius 3 is 2.46 bits per heavy atom. The minimum Gasteiger partial charge on any atom is -0.455 e. The molecule has 5 nitrogen and oxygen atoms in total. The highest BCUT2D eigenvalue weighted by molar-refractivity contribution is 5.96. The van der Waals surface area contributed by atoms with E-state index in [1.165, 1.54) is 0 Å². The van der Waals surface area contributed by atoms with Crippen LogP contribution in [-0.4, -0.2) is 29.2 Å². The molecule has 4 aliphatic rings. The lowest BCUT2D eigenvalue weighted by Crippen LogP contribution is -2.58. The minimum atomic E-state index is -0.712. The SMILES string of the molecule is O=C(COC(=O)C12C[C@@H]3C[C@@H](CC(O)(C3)C1)C2)Nc1ccc2ccccc2c1. The largest absolute Gasteiger partial charge is 0.455 e. The Morgan fingerprint density at radius 1 is 1.04 bits per heavy atom. The summed E-state index contributed by atoms with van der Waals surface area (Å²) in [6.45, 7) is -0.291. The predicted molar refractivity (Wildman–Crippen MR) is 106 cm³/mol. The first-order valence-corrected chi connectivity index (χ1v) is 10.1. The average molecular weight is 379 g/mol. The minimum absolute atomic E-state index is 0.291. The van der Waals surface area contributed by atoms with Gasteiger partial charge >= 0.3 is 5.97 Å². The Labute approximate surface area is 164 Å². The van der Waals surface area contributed by atoms with Crippen molar-refractivity contribution in [2.75, 3.05) is 11.9 Å². The molecule has 2 aromatic carbocycles. The monoisotopic (exact) mass is 379 g/mol. The summed E-state index contributed by atoms with van der Waals surface area (Å²) < 4.78 is 5.43. The average Bonchev–Trinajstić information content (AvgIpc) is 2.64. The number of carbonyl (C=O) groups is 2. The van der Waals surface area contributed by atoms with Crippen LogP contribution in [0.25, 0.3) is 10.8 Å². The third-order valence-electron chi connectivity index (χ3n) is 6.83. The van der Waals surface area contributed by atoms with E-state index >= 15 is 0 Å². The van der Waals surface area contributed by atoms with Crippen molar-refractivity contribution in [3.8, 4) is 0 Å². The molecule has 0 radical (unpaired) electrons. The number of esters is 1. The Hall–Kier alpha value is -2.40. The van der Waals surface area contributed by atoms with Crippen molar-refractivity contribution < 1.29 is 19.4 Å². The molecule has 0 spiro atoms. The van der Waals surface area contributed by atoms with E-state index in [0.717, 1.165) is 42.9 Å². The third-order valence-corrected chi connectivity index (χ3v) is 6.83. The van der Waals surface area contributed by atoms with Crippen LogP contribution in [0.15, 0.2) is 42.5 Å². The molecular formula is C23H25NO4. The molecule has 0 aromatic heterocycles. The zero-order chi connectivity index (χ0) is 19.4. The van der Waals surface area contributed by atoms with Gasteiger partial charge in [-0.3, -0.25) is 9.59 Å². The van der Waals surface area contributed by atoms with Gasteiger partial charge in [-0.25, -0.2) is 0 Å². The number of fused-ring (bicyclic) bond motifs is 1. The molecule has 4 atom stereocenters. The van der Waals surface area contributed by atoms with Gasteiger partial charge in [0.25, 0.3) is 5.91 Å². The third kappa shape index (κ3) is 3.08. The van der Waals surface area contributed by atoms with Gasteiger partial charge in [-0.15, -0.1) is 0 Å². The van der Waals surface area contributed by atoms with Crippen LogP contribution in [0, 0.1) is 17.3 Å². The standard InChI is InChI=1S/C23H25NO4/c25-20(24-19-6-5-17-3-1-2-4-18(17)8-19)13-28-21(26)22-9-15-7-16(10-22)12-23(27,11-15)14-22/h1-6,8,15-16,27H,7,9-14H2,(H,24,25)/t15-,16+,22?,23?. The van der Waals surface area contributed by atoms with Crippen LogP contribution >= 0.6 is 0 Å². The number of anilines is 1. The number of hydrogen-bond donors (Lipinski definition) is 2. The number of hydrogen-bond acceptors (Lipinski definition) is 4. The molecule has 5 heteroatoms. The summed E-state index contributed by atoms with van der Waals surface area (Å²) in [6, 6.07) is 13.6. The lowest BCUT2D eigenvalue weighted by Gasteiger charge is -2.58. The number of nitrogens with one attached hydrogen (secondary N) is 1. The molecule has 2 N–H and O–H groups in total. The van der Waals surface area contributed by atoms with Crippen molar-refractivity contribution in [2.24, 2.45) is 17.3 Å². The summed E-state index contributed by atoms with van der Waals surface area (Å²) in [7, 11) is 0. The molecule has 4 saturated carbocycles. The Kier molecular flexibility index (Phi) is 3.98. The zero-order valence-electron chi connectivity index (χ0n) is 15.8. The van der Waals surface area contributed by atoms with E-state index in [0.29, 0.717) is 23.9 Å². The molecule has 28 heavy (non-hydrogen) atoms. The summed E-state index contributed by atoms with van der Waals surface area (Å²) in [5.41, 5.74) is -0.623. The molecule has 146 valence electrons. The van der Waals surface area contributed by atoms with E-state index < -0.39 is 11.0 Å². The van der Waals surface area contributed by atoms with Crippen LogP contribution < -0.4 is 5.32 Å². The number of carbonyl (C=O) groups excluding carboxylic acids is 2. The van der Waals surface area contributed by atoms with Crippen molar-refractivity contribution >= 4 is 28.3 Å². The Bertz CT molecular complexity index is 939. The van der Waals surface area contributed by atoms with Crippen molar-refractivity contribution in [1.82, 2.24) is 0 Å². The van der Waals surface area contributed by atoms with Gasteiger partial charge in [0.15, 0.2) is 6.61 Å². The number of amides is 1. The van der Waals surface area contributed by atoms with Crippen LogP contribution in [0.3, 0.4) is 0 Å². The highest BCUT2D eigenvalue weighted by atomic mass is 16.5. The highest BCUT2D eigenvalue weighted by Crippen LogP contribution is 2.61. The van der Waals surface area contributed by atoms with Gasteiger partial charge in [-0.1, -0.05) is 30.3 Å². The molecule has 2 unspecified atom stereocenters. The molecule has 4 fully saturated rings. The van der Waals surface area contributed by atoms with Crippen molar-refractivity contribution in [2.45, 2.75) is 44.1 Å². The van der Waals surface area contributed by atoms with E-state index in [-0.39, 0.29) is 18.5 Å². The summed E-state index contributed by atoms with van der Waals surface area (Å²) in [6.07, 6.45) is 4.79. The fraction of sp³-hybridized carbons (Fsp3) is 0.478. The van der Waals surface area contributed by atoms with E-state index in [2.05, 4.69) is 5.32 Å². The van der Waals surface area contributed by atoms with Gasteiger partial charge in [0.2, 0.25) is 0 Å². The predicted octanol–water partition coefficient (Wildman–Crippen LogP) is 3.65. The maximum absolute atomic E-state index is 12.9. The Balaban J connectivity index is 1.22. The first-order chi connectivity index (χ1) is 13.4. The van der Waals surface area contributed by atoms with Crippen LogP contribution in [0.4, 0.5) is 5.69 Å². The maximum atomic E-state index is 12.9. The first kappa shape index (κ1) is 17.7. The van der Waals surface area contributed by atoms with Gasteiger partial charge in [0, 0.05) is 5.69 Å². The van der Waals surface area contributed by atoms with E-state index in [1.54, 1.807) is 0 Å². The van der Waals surface area contributed by atoms with E-state index in [1.807, 2.05) is 42.5 Å². The van der Waals surface area contributed by atoms with Crippen LogP contribution in [0.5, 0.6) is 0 Å². The maximum Gasteiger partial charge on any atom is 0.312 e. The lowest BCUT2D eigenvalue weighted by atomic mass is 9.48. The second-order valence-electron chi connectivity index (χ2n) is 9.15. The molecule has 0 heterocycles. The molecule has 4 aliphatic carbocycles. The molecule has 1 amide bonds. The fourth-order valence-corrected chi connectivity index (χ4v) is 6.20. The van der Waals surface area contributed by atoms with Gasteiger partial charge in [-0.05, 0) is 73.3 Å². The summed E-state index contributed by atoms with van der Waals surface area (Å²) in [5.74, 6) is 0.163. The number of benzene rings is 2. The quantitative estimate of drug-likeness (QED) is 0.795. The smallest absolute Gasteiger partial charge is 0.312 e. The zero-order valence-corrected chi connectivity index (χ0v) is 15.8. The second kappa shape index (κ2) is 6.31. The van der Waals surface area contributed by atoms with Crippen LogP contribution in [-0.2, 0) is 14.3 Å². The van der Waals surface area contributed by atoms with Gasteiger partial charge in [0.1, 0.15) is 0 Å². The molecule has 6 rings (SSSR count). The second-order valence-corrected chi connectivity index (χ2v) is 9.15. The molecule has 4 bridgehead atoms. The normalized spacial score (nSPS) is 33.0. The van der Waals surface area contributed by atoms with Gasteiger partial charge < -0.3 is 15.2 Å². The van der Waals surface area contributed by atoms with Crippen LogP contribution in [0.2, 0.25) is 0 Å². The van der Waals surface area contributed by atoms with E-state index in [9.17, 15) is 14.7 Å². The molecule has 0 aliphatic heterocycles. The highest BCUT2D eigenvalue weighted by Gasteiger charge is 2.60.